The van der Waals surface area contributed by atoms with Gasteiger partial charge in [-0.05, 0) is 6.92 Å². The lowest BCUT2D eigenvalue weighted by Crippen LogP contribution is -2.29. The van der Waals surface area contributed by atoms with E-state index in [9.17, 15) is 9.59 Å². The molecule has 0 amide bonds. The number of thioether (sulfide) groups is 1. The minimum absolute atomic E-state index is 0.179. The molecule has 0 aliphatic carbocycles. The second-order valence-electron chi connectivity index (χ2n) is 3.60. The lowest BCUT2D eigenvalue weighted by molar-refractivity contribution is -0.144. The van der Waals surface area contributed by atoms with E-state index in [-0.39, 0.29) is 18.3 Å². The number of fused-ring (bicyclic) bond motifs is 1. The number of carbonyl (C=O) groups is 2. The molecule has 0 saturated heterocycles. The predicted molar refractivity (Wildman–Crippen MR) is 63.2 cm³/mol. The molecule has 1 atom stereocenters. The number of ether oxygens (including phenoxy) is 2. The Labute approximate surface area is 108 Å². The fourth-order valence-electron chi connectivity index (χ4n) is 1.70. The Bertz CT molecular complexity index is 474. The highest BCUT2D eigenvalue weighted by Crippen LogP contribution is 2.28. The molecule has 0 spiro atoms. The molecule has 8 heteroatoms. The Hall–Kier alpha value is -1.57. The Balaban J connectivity index is 2.32. The van der Waals surface area contributed by atoms with Gasteiger partial charge >= 0.3 is 11.9 Å². The smallest absolute Gasteiger partial charge is 0.360 e. The molecule has 1 aliphatic heterocycles. The van der Waals surface area contributed by atoms with Crippen LogP contribution in [-0.2, 0) is 20.0 Å². The van der Waals surface area contributed by atoms with E-state index >= 15 is 0 Å². The van der Waals surface area contributed by atoms with Gasteiger partial charge in [-0.1, -0.05) is 5.21 Å². The first-order chi connectivity index (χ1) is 8.69. The second-order valence-corrected chi connectivity index (χ2v) is 4.63. The normalized spacial score (nSPS) is 18.0. The maximum atomic E-state index is 11.7. The zero-order valence-electron chi connectivity index (χ0n) is 10.1. The van der Waals surface area contributed by atoms with E-state index in [1.54, 1.807) is 6.92 Å². The molecule has 1 aliphatic rings. The number of aromatic nitrogens is 3. The van der Waals surface area contributed by atoms with Crippen molar-refractivity contribution in [2.75, 3.05) is 19.5 Å². The van der Waals surface area contributed by atoms with Crippen molar-refractivity contribution in [3.05, 3.63) is 11.4 Å². The number of hydrogen-bond acceptors (Lipinski definition) is 7. The standard InChI is InChI=1S/C10H13N3O4S/c1-3-17-10(15)8-6-4-18-5-7(9(14)16-2)13(6)12-11-8/h7H,3-5H2,1-2H3. The van der Waals surface area contributed by atoms with Crippen molar-refractivity contribution in [3.63, 3.8) is 0 Å². The Morgan fingerprint density at radius 1 is 1.56 bits per heavy atom. The zero-order valence-corrected chi connectivity index (χ0v) is 10.9. The molecular weight excluding hydrogens is 258 g/mol. The van der Waals surface area contributed by atoms with Crippen LogP contribution in [0.4, 0.5) is 0 Å². The molecule has 1 unspecified atom stereocenters. The van der Waals surface area contributed by atoms with Gasteiger partial charge in [0.15, 0.2) is 11.7 Å². The van der Waals surface area contributed by atoms with Crippen LogP contribution in [0.2, 0.25) is 0 Å². The number of esters is 2. The summed E-state index contributed by atoms with van der Waals surface area (Å²) >= 11 is 1.53. The third-order valence-corrected chi connectivity index (χ3v) is 3.57. The third-order valence-electron chi connectivity index (χ3n) is 2.54. The summed E-state index contributed by atoms with van der Waals surface area (Å²) in [4.78, 5) is 23.3. The predicted octanol–water partition coefficient (Wildman–Crippen LogP) is 0.416. The summed E-state index contributed by atoms with van der Waals surface area (Å²) in [5.74, 6) is 0.244. The lowest BCUT2D eigenvalue weighted by Gasteiger charge is -2.21. The summed E-state index contributed by atoms with van der Waals surface area (Å²) in [5, 5.41) is 7.66. The topological polar surface area (TPSA) is 83.3 Å². The van der Waals surface area contributed by atoms with Crippen molar-refractivity contribution < 1.29 is 19.1 Å². The van der Waals surface area contributed by atoms with E-state index in [0.717, 1.165) is 0 Å². The summed E-state index contributed by atoms with van der Waals surface area (Å²) in [6, 6.07) is -0.528. The van der Waals surface area contributed by atoms with Gasteiger partial charge in [-0.3, -0.25) is 0 Å². The SMILES string of the molecule is CCOC(=O)c1nnn2c1CSCC2C(=O)OC. The molecule has 0 fully saturated rings. The molecule has 18 heavy (non-hydrogen) atoms. The lowest BCUT2D eigenvalue weighted by atomic mass is 10.3. The van der Waals surface area contributed by atoms with Gasteiger partial charge in [0.25, 0.3) is 0 Å². The average Bonchev–Trinajstić information content (AvgIpc) is 2.81. The molecule has 0 aromatic carbocycles. The molecule has 2 heterocycles. The first-order valence-corrected chi connectivity index (χ1v) is 6.61. The number of hydrogen-bond donors (Lipinski definition) is 0. The number of nitrogens with zero attached hydrogens (tertiary/aromatic N) is 3. The van der Waals surface area contributed by atoms with Gasteiger partial charge in [0.05, 0.1) is 19.4 Å². The quantitative estimate of drug-likeness (QED) is 0.736. The van der Waals surface area contributed by atoms with Gasteiger partial charge in [0.1, 0.15) is 0 Å². The molecule has 1 aromatic rings. The second kappa shape index (κ2) is 5.38. The monoisotopic (exact) mass is 271 g/mol. The van der Waals surface area contributed by atoms with Gasteiger partial charge in [-0.2, -0.15) is 11.8 Å². The van der Waals surface area contributed by atoms with E-state index in [4.69, 9.17) is 9.47 Å². The molecule has 98 valence electrons. The first-order valence-electron chi connectivity index (χ1n) is 5.45. The van der Waals surface area contributed by atoms with Crippen molar-refractivity contribution in [2.45, 2.75) is 18.7 Å². The summed E-state index contributed by atoms with van der Waals surface area (Å²) in [7, 11) is 1.32. The maximum Gasteiger partial charge on any atom is 0.360 e. The Kier molecular flexibility index (Phi) is 3.85. The van der Waals surface area contributed by atoms with E-state index in [2.05, 4.69) is 10.3 Å². The van der Waals surface area contributed by atoms with Crippen LogP contribution in [0.3, 0.4) is 0 Å². The van der Waals surface area contributed by atoms with Crippen LogP contribution in [-0.4, -0.2) is 46.4 Å². The average molecular weight is 271 g/mol. The molecule has 0 bridgehead atoms. The summed E-state index contributed by atoms with van der Waals surface area (Å²) in [6.45, 7) is 2.00. The molecule has 2 rings (SSSR count). The van der Waals surface area contributed by atoms with Crippen molar-refractivity contribution in [3.8, 4) is 0 Å². The first kappa shape index (κ1) is 12.9. The highest BCUT2D eigenvalue weighted by atomic mass is 32.2. The van der Waals surface area contributed by atoms with Crippen LogP contribution in [0.15, 0.2) is 0 Å². The Morgan fingerprint density at radius 2 is 2.33 bits per heavy atom. The van der Waals surface area contributed by atoms with Gasteiger partial charge in [-0.25, -0.2) is 14.3 Å². The van der Waals surface area contributed by atoms with Crippen molar-refractivity contribution in [2.24, 2.45) is 0 Å². The van der Waals surface area contributed by atoms with E-state index in [1.165, 1.54) is 23.6 Å². The molecule has 0 radical (unpaired) electrons. The Morgan fingerprint density at radius 3 is 3.00 bits per heavy atom. The number of carbonyl (C=O) groups excluding carboxylic acids is 2. The fourth-order valence-corrected chi connectivity index (χ4v) is 2.78. The van der Waals surface area contributed by atoms with E-state index in [1.807, 2.05) is 0 Å². The highest BCUT2D eigenvalue weighted by Gasteiger charge is 2.32. The zero-order chi connectivity index (χ0) is 13.1. The van der Waals surface area contributed by atoms with E-state index < -0.39 is 12.0 Å². The van der Waals surface area contributed by atoms with Gasteiger partial charge in [0.2, 0.25) is 0 Å². The van der Waals surface area contributed by atoms with Crippen LogP contribution in [0.5, 0.6) is 0 Å². The molecule has 0 saturated carbocycles. The van der Waals surface area contributed by atoms with Gasteiger partial charge < -0.3 is 9.47 Å². The van der Waals surface area contributed by atoms with Crippen molar-refractivity contribution in [1.82, 2.24) is 15.0 Å². The molecular formula is C10H13N3O4S. The number of rotatable bonds is 3. The van der Waals surface area contributed by atoms with Gasteiger partial charge in [-0.15, -0.1) is 5.10 Å². The van der Waals surface area contributed by atoms with Crippen LogP contribution in [0.1, 0.15) is 29.1 Å². The molecule has 1 aromatic heterocycles. The van der Waals surface area contributed by atoms with Crippen molar-refractivity contribution in [1.29, 1.82) is 0 Å². The minimum atomic E-state index is -0.528. The van der Waals surface area contributed by atoms with Crippen LogP contribution >= 0.6 is 11.8 Å². The minimum Gasteiger partial charge on any atom is -0.467 e. The van der Waals surface area contributed by atoms with Crippen LogP contribution in [0, 0.1) is 0 Å². The van der Waals surface area contributed by atoms with E-state index in [0.29, 0.717) is 17.2 Å². The summed E-state index contributed by atoms with van der Waals surface area (Å²) in [5.41, 5.74) is 0.790. The van der Waals surface area contributed by atoms with Crippen LogP contribution in [0.25, 0.3) is 0 Å². The largest absolute Gasteiger partial charge is 0.467 e. The summed E-state index contributed by atoms with van der Waals surface area (Å²) in [6.07, 6.45) is 0. The fraction of sp³-hybridized carbons (Fsp3) is 0.600. The summed E-state index contributed by atoms with van der Waals surface area (Å²) < 4.78 is 11.1. The van der Waals surface area contributed by atoms with Gasteiger partial charge in [0, 0.05) is 11.5 Å². The highest BCUT2D eigenvalue weighted by molar-refractivity contribution is 7.98. The van der Waals surface area contributed by atoms with Crippen LogP contribution < -0.4 is 0 Å². The molecule has 7 nitrogen and oxygen atoms in total. The third kappa shape index (κ3) is 2.20. The maximum absolute atomic E-state index is 11.7. The molecule has 0 N–H and O–H groups in total. The number of methoxy groups -OCH3 is 1. The van der Waals surface area contributed by atoms with Crippen molar-refractivity contribution >= 4 is 23.7 Å².